The number of carbonyl (C=O) groups excluding carboxylic acids is 1. The molecule has 4 aliphatic carbocycles. The molecule has 0 bridgehead atoms. The molecule has 6 unspecified atom stereocenters. The van der Waals surface area contributed by atoms with E-state index in [1.54, 1.807) is 12.1 Å². The Morgan fingerprint density at radius 2 is 1.73 bits per heavy atom. The first kappa shape index (κ1) is 22.7. The molecule has 1 N–H and O–H groups in total. The van der Waals surface area contributed by atoms with E-state index in [0.717, 1.165) is 50.5 Å². The lowest BCUT2D eigenvalue weighted by Crippen LogP contribution is -2.50. The van der Waals surface area contributed by atoms with Crippen molar-refractivity contribution in [3.63, 3.8) is 0 Å². The lowest BCUT2D eigenvalue weighted by atomic mass is 9.48. The molecule has 0 radical (unpaired) electrons. The predicted octanol–water partition coefficient (Wildman–Crippen LogP) is 6.47. The van der Waals surface area contributed by atoms with Crippen LogP contribution in [0.1, 0.15) is 64.4 Å². The highest BCUT2D eigenvalue weighted by molar-refractivity contribution is 6.05. The highest BCUT2D eigenvalue weighted by Crippen LogP contribution is 2.64. The second-order valence-electron chi connectivity index (χ2n) is 10.9. The molecule has 4 aliphatic rings. The van der Waals surface area contributed by atoms with Gasteiger partial charge in [0, 0.05) is 5.41 Å². The normalized spacial score (nSPS) is 39.5. The van der Waals surface area contributed by atoms with E-state index >= 15 is 0 Å². The molecule has 6 heteroatoms. The Bertz CT molecular complexity index is 1010. The topological polar surface area (TPSA) is 46.5 Å². The number of aliphatic hydroxyl groups is 1. The third kappa shape index (κ3) is 3.84. The second-order valence-corrected chi connectivity index (χ2v) is 10.9. The molecule has 178 valence electrons. The minimum Gasteiger partial charge on any atom is -0.406 e. The van der Waals surface area contributed by atoms with Crippen LogP contribution in [0, 0.1) is 28.6 Å². The SMILES string of the molecule is CC12CCC3C(CC=C4CC(O)CCC43C)C1CC(=Cc1ccc(OC(F)(F)F)cc1)C2=O. The van der Waals surface area contributed by atoms with Crippen LogP contribution in [0.2, 0.25) is 0 Å². The fourth-order valence-electron chi connectivity index (χ4n) is 7.41. The summed E-state index contributed by atoms with van der Waals surface area (Å²) in [6.07, 6.45) is 5.47. The number of hydrogen-bond acceptors (Lipinski definition) is 3. The van der Waals surface area contributed by atoms with Crippen LogP contribution >= 0.6 is 0 Å². The zero-order chi connectivity index (χ0) is 23.6. The van der Waals surface area contributed by atoms with E-state index in [0.29, 0.717) is 17.4 Å². The molecule has 3 saturated carbocycles. The highest BCUT2D eigenvalue weighted by atomic mass is 19.4. The first-order valence-corrected chi connectivity index (χ1v) is 12.0. The van der Waals surface area contributed by atoms with Crippen molar-refractivity contribution in [2.45, 2.75) is 71.3 Å². The van der Waals surface area contributed by atoms with E-state index in [1.807, 2.05) is 6.08 Å². The maximum Gasteiger partial charge on any atom is 0.573 e. The third-order valence-corrected chi connectivity index (χ3v) is 9.17. The van der Waals surface area contributed by atoms with Crippen LogP contribution in [-0.4, -0.2) is 23.4 Å². The molecule has 1 aromatic rings. The van der Waals surface area contributed by atoms with Gasteiger partial charge in [-0.15, -0.1) is 13.2 Å². The number of hydrogen-bond donors (Lipinski definition) is 1. The number of rotatable bonds is 2. The summed E-state index contributed by atoms with van der Waals surface area (Å²) in [4.78, 5) is 13.5. The number of allylic oxidation sites excluding steroid dienone is 2. The average molecular weight is 461 g/mol. The van der Waals surface area contributed by atoms with Crippen molar-refractivity contribution in [3.8, 4) is 5.75 Å². The fraction of sp³-hybridized carbons (Fsp3) is 0.593. The molecule has 0 aliphatic heterocycles. The molecule has 5 rings (SSSR count). The van der Waals surface area contributed by atoms with E-state index < -0.39 is 6.36 Å². The standard InChI is InChI=1S/C27H31F3O3/c1-25-11-9-19(31)15-18(25)5-8-21-22(25)10-12-26(2)23(21)14-17(24(26)32)13-16-3-6-20(7-4-16)33-27(28,29)30/h3-7,13,19,21-23,31H,8-12,14-15H2,1-2H3. The number of Topliss-reactive ketones (excluding diaryl/α,β-unsaturated/α-hetero) is 1. The van der Waals surface area contributed by atoms with Gasteiger partial charge in [0.1, 0.15) is 5.75 Å². The molecule has 0 heterocycles. The van der Waals surface area contributed by atoms with E-state index in [9.17, 15) is 23.1 Å². The lowest BCUT2D eigenvalue weighted by molar-refractivity contribution is -0.274. The summed E-state index contributed by atoms with van der Waals surface area (Å²) in [5, 5.41) is 10.2. The summed E-state index contributed by atoms with van der Waals surface area (Å²) in [6, 6.07) is 5.71. The number of benzene rings is 1. The van der Waals surface area contributed by atoms with Crippen molar-refractivity contribution in [3.05, 3.63) is 47.1 Å². The van der Waals surface area contributed by atoms with Gasteiger partial charge in [-0.25, -0.2) is 0 Å². The number of fused-ring (bicyclic) bond motifs is 5. The minimum absolute atomic E-state index is 0.118. The third-order valence-electron chi connectivity index (χ3n) is 9.17. The molecule has 0 aromatic heterocycles. The van der Waals surface area contributed by atoms with Crippen molar-refractivity contribution in [2.75, 3.05) is 0 Å². The molecule has 33 heavy (non-hydrogen) atoms. The number of alkyl halides is 3. The van der Waals surface area contributed by atoms with Crippen molar-refractivity contribution < 1.29 is 27.8 Å². The van der Waals surface area contributed by atoms with Crippen LogP contribution in [0.4, 0.5) is 13.2 Å². The van der Waals surface area contributed by atoms with E-state index in [-0.39, 0.29) is 34.4 Å². The van der Waals surface area contributed by atoms with E-state index in [4.69, 9.17) is 0 Å². The molecular formula is C27H31F3O3. The minimum atomic E-state index is -4.72. The van der Waals surface area contributed by atoms with Gasteiger partial charge in [-0.2, -0.15) is 0 Å². The van der Waals surface area contributed by atoms with Crippen molar-refractivity contribution in [2.24, 2.45) is 28.6 Å². The van der Waals surface area contributed by atoms with Crippen LogP contribution in [0.5, 0.6) is 5.75 Å². The van der Waals surface area contributed by atoms with Gasteiger partial charge in [0.15, 0.2) is 5.78 Å². The van der Waals surface area contributed by atoms with Gasteiger partial charge in [0.2, 0.25) is 0 Å². The number of ether oxygens (including phenoxy) is 1. The van der Waals surface area contributed by atoms with E-state index in [1.165, 1.54) is 17.7 Å². The van der Waals surface area contributed by atoms with Crippen LogP contribution in [0.25, 0.3) is 6.08 Å². The van der Waals surface area contributed by atoms with Crippen molar-refractivity contribution in [1.82, 2.24) is 0 Å². The largest absolute Gasteiger partial charge is 0.573 e. The van der Waals surface area contributed by atoms with Crippen LogP contribution in [-0.2, 0) is 4.79 Å². The van der Waals surface area contributed by atoms with Gasteiger partial charge >= 0.3 is 6.36 Å². The Morgan fingerprint density at radius 1 is 1.03 bits per heavy atom. The van der Waals surface area contributed by atoms with Crippen LogP contribution in [0.15, 0.2) is 41.5 Å². The zero-order valence-electron chi connectivity index (χ0n) is 19.1. The summed E-state index contributed by atoms with van der Waals surface area (Å²) in [7, 11) is 0. The lowest BCUT2D eigenvalue weighted by Gasteiger charge is -2.56. The molecule has 3 nitrogen and oxygen atoms in total. The van der Waals surface area contributed by atoms with Gasteiger partial charge in [-0.05, 0) is 97.5 Å². The van der Waals surface area contributed by atoms with Gasteiger partial charge in [-0.3, -0.25) is 4.79 Å². The highest BCUT2D eigenvalue weighted by Gasteiger charge is 2.59. The monoisotopic (exact) mass is 460 g/mol. The maximum atomic E-state index is 13.5. The Balaban J connectivity index is 1.40. The Hall–Kier alpha value is -2.08. The van der Waals surface area contributed by atoms with Crippen molar-refractivity contribution in [1.29, 1.82) is 0 Å². The first-order valence-electron chi connectivity index (χ1n) is 12.0. The molecule has 0 amide bonds. The summed E-state index contributed by atoms with van der Waals surface area (Å²) in [5.74, 6) is 1.20. The fourth-order valence-corrected chi connectivity index (χ4v) is 7.41. The number of carbonyl (C=O) groups is 1. The molecular weight excluding hydrogens is 429 g/mol. The molecule has 6 atom stereocenters. The molecule has 3 fully saturated rings. The van der Waals surface area contributed by atoms with E-state index in [2.05, 4.69) is 24.7 Å². The van der Waals surface area contributed by atoms with Gasteiger partial charge in [-0.1, -0.05) is 37.6 Å². The summed E-state index contributed by atoms with van der Waals surface area (Å²) in [6.45, 7) is 4.48. The maximum absolute atomic E-state index is 13.5. The van der Waals surface area contributed by atoms with Crippen LogP contribution < -0.4 is 4.74 Å². The smallest absolute Gasteiger partial charge is 0.406 e. The zero-order valence-corrected chi connectivity index (χ0v) is 19.1. The quantitative estimate of drug-likeness (QED) is 0.406. The molecule has 1 aromatic carbocycles. The number of aliphatic hydroxyl groups excluding tert-OH is 1. The van der Waals surface area contributed by atoms with Gasteiger partial charge in [0.05, 0.1) is 6.10 Å². The van der Waals surface area contributed by atoms with Crippen molar-refractivity contribution >= 4 is 11.9 Å². The number of halogens is 3. The summed E-state index contributed by atoms with van der Waals surface area (Å²) >= 11 is 0. The molecule has 0 saturated heterocycles. The first-order chi connectivity index (χ1) is 15.5. The summed E-state index contributed by atoms with van der Waals surface area (Å²) in [5.41, 5.74) is 2.65. The Morgan fingerprint density at radius 3 is 2.42 bits per heavy atom. The predicted molar refractivity (Wildman–Crippen MR) is 119 cm³/mol. The molecule has 0 spiro atoms. The van der Waals surface area contributed by atoms with Crippen LogP contribution in [0.3, 0.4) is 0 Å². The summed E-state index contributed by atoms with van der Waals surface area (Å²) < 4.78 is 41.2. The average Bonchev–Trinajstić information content (AvgIpc) is 2.99. The van der Waals surface area contributed by atoms with Gasteiger partial charge < -0.3 is 9.84 Å². The Kier molecular flexibility index (Phi) is 5.31. The Labute approximate surface area is 192 Å². The van der Waals surface area contributed by atoms with Gasteiger partial charge in [0.25, 0.3) is 0 Å². The second kappa shape index (κ2) is 7.72. The number of ketones is 1.